The zero-order valence-electron chi connectivity index (χ0n) is 10.7. The number of hydrogen-bond donors (Lipinski definition) is 1. The van der Waals surface area contributed by atoms with Gasteiger partial charge in [-0.05, 0) is 25.0 Å². The maximum atomic E-state index is 4.06. The maximum Gasteiger partial charge on any atom is 0.115 e. The Bertz CT molecular complexity index is 494. The van der Waals surface area contributed by atoms with E-state index >= 15 is 0 Å². The summed E-state index contributed by atoms with van der Waals surface area (Å²) in [5.74, 6) is 0. The Labute approximate surface area is 112 Å². The van der Waals surface area contributed by atoms with Crippen LogP contribution in [-0.4, -0.2) is 34.1 Å². The highest BCUT2D eigenvalue weighted by Crippen LogP contribution is 2.20. The van der Waals surface area contributed by atoms with Crippen LogP contribution in [0.2, 0.25) is 0 Å². The van der Waals surface area contributed by atoms with E-state index in [9.17, 15) is 0 Å². The van der Waals surface area contributed by atoms with E-state index in [2.05, 4.69) is 37.3 Å². The van der Waals surface area contributed by atoms with Crippen LogP contribution in [0.15, 0.2) is 43.2 Å². The van der Waals surface area contributed by atoms with Gasteiger partial charge in [0.15, 0.2) is 0 Å². The van der Waals surface area contributed by atoms with Crippen LogP contribution in [0.4, 0.5) is 11.4 Å². The van der Waals surface area contributed by atoms with E-state index in [-0.39, 0.29) is 0 Å². The molecule has 2 aromatic rings. The molecular weight excluding hydrogens is 238 g/mol. The third kappa shape index (κ3) is 2.99. The highest BCUT2D eigenvalue weighted by molar-refractivity contribution is 5.45. The van der Waals surface area contributed by atoms with E-state index < -0.39 is 0 Å². The Morgan fingerprint density at radius 3 is 2.37 bits per heavy atom. The highest BCUT2D eigenvalue weighted by Gasteiger charge is 2.19. The highest BCUT2D eigenvalue weighted by atomic mass is 15.1. The Balaban J connectivity index is 1.55. The van der Waals surface area contributed by atoms with Gasteiger partial charge >= 0.3 is 0 Å². The molecule has 0 aromatic carbocycles. The molecule has 0 spiro atoms. The molecule has 98 valence electrons. The van der Waals surface area contributed by atoms with Gasteiger partial charge in [0.05, 0.1) is 18.1 Å². The topological polar surface area (TPSA) is 53.9 Å². The normalized spacial score (nSPS) is 16.3. The van der Waals surface area contributed by atoms with Crippen LogP contribution in [-0.2, 0) is 0 Å². The average Bonchev–Trinajstić information content (AvgIpc) is 2.50. The van der Waals surface area contributed by atoms with Gasteiger partial charge in [-0.1, -0.05) is 0 Å². The lowest BCUT2D eigenvalue weighted by Crippen LogP contribution is -2.39. The molecule has 0 aliphatic carbocycles. The van der Waals surface area contributed by atoms with E-state index in [4.69, 9.17) is 0 Å². The van der Waals surface area contributed by atoms with Crippen LogP contribution in [0, 0.1) is 0 Å². The summed E-state index contributed by atoms with van der Waals surface area (Å²) in [4.78, 5) is 14.5. The number of hydrogen-bond acceptors (Lipinski definition) is 5. The van der Waals surface area contributed by atoms with Crippen molar-refractivity contribution in [3.8, 4) is 0 Å². The van der Waals surface area contributed by atoms with Crippen LogP contribution in [0.5, 0.6) is 0 Å². The number of rotatable bonds is 3. The number of nitrogens with one attached hydrogen (secondary N) is 1. The first kappa shape index (κ1) is 11.9. The number of pyridine rings is 1. The molecule has 0 saturated carbocycles. The van der Waals surface area contributed by atoms with Crippen molar-refractivity contribution in [3.63, 3.8) is 0 Å². The second-order valence-corrected chi connectivity index (χ2v) is 4.74. The summed E-state index contributed by atoms with van der Waals surface area (Å²) in [5, 5.41) is 3.49. The van der Waals surface area contributed by atoms with Gasteiger partial charge in [0.1, 0.15) is 6.33 Å². The molecule has 0 unspecified atom stereocenters. The Morgan fingerprint density at radius 1 is 1.00 bits per heavy atom. The fourth-order valence-electron chi connectivity index (χ4n) is 2.45. The van der Waals surface area contributed by atoms with Gasteiger partial charge in [0, 0.05) is 37.2 Å². The van der Waals surface area contributed by atoms with Crippen molar-refractivity contribution in [2.24, 2.45) is 0 Å². The van der Waals surface area contributed by atoms with Crippen molar-refractivity contribution in [2.45, 2.75) is 18.9 Å². The molecule has 5 heteroatoms. The van der Waals surface area contributed by atoms with Crippen LogP contribution >= 0.6 is 0 Å². The van der Waals surface area contributed by atoms with Gasteiger partial charge < -0.3 is 10.2 Å². The van der Waals surface area contributed by atoms with Crippen LogP contribution in [0.1, 0.15) is 12.8 Å². The third-order valence-corrected chi connectivity index (χ3v) is 3.45. The van der Waals surface area contributed by atoms with E-state index in [1.54, 1.807) is 6.33 Å². The van der Waals surface area contributed by atoms with Crippen molar-refractivity contribution in [2.75, 3.05) is 23.3 Å². The van der Waals surface area contributed by atoms with E-state index in [0.717, 1.165) is 31.6 Å². The Kier molecular flexibility index (Phi) is 3.54. The molecular formula is C14H17N5. The lowest BCUT2D eigenvalue weighted by atomic mass is 10.0. The molecule has 0 radical (unpaired) electrons. The molecule has 3 heterocycles. The third-order valence-electron chi connectivity index (χ3n) is 3.45. The lowest BCUT2D eigenvalue weighted by Gasteiger charge is -2.34. The SMILES string of the molecule is c1cc(N2CCC(Nc3cncnc3)CC2)ccn1. The molecule has 1 aliphatic heterocycles. The Hall–Kier alpha value is -2.17. The van der Waals surface area contributed by atoms with E-state index in [1.165, 1.54) is 5.69 Å². The molecule has 1 N–H and O–H groups in total. The predicted molar refractivity (Wildman–Crippen MR) is 75.1 cm³/mol. The summed E-state index contributed by atoms with van der Waals surface area (Å²) >= 11 is 0. The van der Waals surface area contributed by atoms with Crippen molar-refractivity contribution in [1.82, 2.24) is 15.0 Å². The molecule has 2 aromatic heterocycles. The van der Waals surface area contributed by atoms with Gasteiger partial charge in [-0.2, -0.15) is 0 Å². The molecule has 5 nitrogen and oxygen atoms in total. The number of aromatic nitrogens is 3. The monoisotopic (exact) mass is 255 g/mol. The van der Waals surface area contributed by atoms with Gasteiger partial charge in [-0.25, -0.2) is 9.97 Å². The standard InChI is InChI=1S/C14H17N5/c1-5-15-6-2-14(1)19-7-3-12(4-8-19)18-13-9-16-11-17-10-13/h1-2,5-6,9-12,18H,3-4,7-8H2. The quantitative estimate of drug-likeness (QED) is 0.908. The first-order valence-electron chi connectivity index (χ1n) is 6.58. The fourth-order valence-corrected chi connectivity index (χ4v) is 2.45. The molecule has 3 rings (SSSR count). The summed E-state index contributed by atoms with van der Waals surface area (Å²) in [6.45, 7) is 2.13. The van der Waals surface area contributed by atoms with Crippen LogP contribution in [0.3, 0.4) is 0 Å². The summed E-state index contributed by atoms with van der Waals surface area (Å²) in [7, 11) is 0. The fraction of sp³-hybridized carbons (Fsp3) is 0.357. The first-order valence-corrected chi connectivity index (χ1v) is 6.58. The number of piperidine rings is 1. The van der Waals surface area contributed by atoms with E-state index in [1.807, 2.05) is 24.8 Å². The largest absolute Gasteiger partial charge is 0.380 e. The van der Waals surface area contributed by atoms with Gasteiger partial charge in [0.25, 0.3) is 0 Å². The maximum absolute atomic E-state index is 4.06. The minimum atomic E-state index is 0.504. The molecule has 1 fully saturated rings. The average molecular weight is 255 g/mol. The lowest BCUT2D eigenvalue weighted by molar-refractivity contribution is 0.526. The van der Waals surface area contributed by atoms with Gasteiger partial charge in [0.2, 0.25) is 0 Å². The van der Waals surface area contributed by atoms with Gasteiger partial charge in [-0.3, -0.25) is 4.98 Å². The number of nitrogens with zero attached hydrogens (tertiary/aromatic N) is 4. The molecule has 1 saturated heterocycles. The zero-order valence-corrected chi connectivity index (χ0v) is 10.7. The van der Waals surface area contributed by atoms with Crippen molar-refractivity contribution in [3.05, 3.63) is 43.2 Å². The van der Waals surface area contributed by atoms with Crippen LogP contribution < -0.4 is 10.2 Å². The predicted octanol–water partition coefficient (Wildman–Crippen LogP) is 1.95. The van der Waals surface area contributed by atoms with Crippen molar-refractivity contribution in [1.29, 1.82) is 0 Å². The summed E-state index contributed by atoms with van der Waals surface area (Å²) in [6.07, 6.45) is 11.1. The minimum absolute atomic E-state index is 0.504. The molecule has 0 amide bonds. The smallest absolute Gasteiger partial charge is 0.115 e. The molecule has 1 aliphatic rings. The summed E-state index contributed by atoms with van der Waals surface area (Å²) in [5.41, 5.74) is 2.27. The van der Waals surface area contributed by atoms with E-state index in [0.29, 0.717) is 6.04 Å². The number of anilines is 2. The minimum Gasteiger partial charge on any atom is -0.380 e. The summed E-state index contributed by atoms with van der Waals surface area (Å²) in [6, 6.07) is 4.64. The van der Waals surface area contributed by atoms with Crippen molar-refractivity contribution < 1.29 is 0 Å². The first-order chi connectivity index (χ1) is 9.42. The van der Waals surface area contributed by atoms with Crippen molar-refractivity contribution >= 4 is 11.4 Å². The molecule has 0 atom stereocenters. The Morgan fingerprint density at radius 2 is 1.68 bits per heavy atom. The molecule has 0 bridgehead atoms. The zero-order chi connectivity index (χ0) is 12.9. The second-order valence-electron chi connectivity index (χ2n) is 4.74. The summed E-state index contributed by atoms with van der Waals surface area (Å²) < 4.78 is 0. The van der Waals surface area contributed by atoms with Crippen LogP contribution in [0.25, 0.3) is 0 Å². The second kappa shape index (κ2) is 5.65. The van der Waals surface area contributed by atoms with Gasteiger partial charge in [-0.15, -0.1) is 0 Å². The molecule has 19 heavy (non-hydrogen) atoms.